The van der Waals surface area contributed by atoms with Gasteiger partial charge in [0.1, 0.15) is 40.7 Å². The second-order valence-corrected chi connectivity index (χ2v) is 27.1. The Morgan fingerprint density at radius 2 is 1.00 bits per heavy atom. The molecule has 1 unspecified atom stereocenters. The minimum atomic E-state index is -2.73. The Kier molecular flexibility index (Phi) is 17.6. The summed E-state index contributed by atoms with van der Waals surface area (Å²) in [6.45, 7) is -2.80. The number of anilines is 1. The Morgan fingerprint density at radius 3 is 1.43 bits per heavy atom. The number of fused-ring (bicyclic) bond motifs is 1. The summed E-state index contributed by atoms with van der Waals surface area (Å²) in [6, 6.07) is 97.0. The molecule has 10 aromatic carbocycles. The maximum atomic E-state index is 15.8. The summed E-state index contributed by atoms with van der Waals surface area (Å²) < 4.78 is 11.6. The third-order valence-electron chi connectivity index (χ3n) is 16.5. The van der Waals surface area contributed by atoms with Crippen LogP contribution in [0.15, 0.2) is 319 Å². The van der Waals surface area contributed by atoms with Crippen molar-refractivity contribution in [3.8, 4) is 5.75 Å². The highest BCUT2D eigenvalue weighted by atomic mass is 32.2. The van der Waals surface area contributed by atoms with E-state index in [1.165, 1.54) is 28.0 Å². The van der Waals surface area contributed by atoms with Crippen LogP contribution in [0, 0.1) is 0 Å². The molecule has 1 saturated heterocycles. The second kappa shape index (κ2) is 26.8. The number of carbonyl (C=O) groups is 3. The fourth-order valence-electron chi connectivity index (χ4n) is 12.2. The zero-order valence-electron chi connectivity index (χ0n) is 49.6. The monoisotopic (exact) mass is 1250 g/mol. The third kappa shape index (κ3) is 11.7. The molecular formula is C77H62N5O6PS2. The summed E-state index contributed by atoms with van der Waals surface area (Å²) in [5, 5.41) is 16.7. The van der Waals surface area contributed by atoms with E-state index < -0.39 is 47.2 Å². The minimum absolute atomic E-state index is 0.0696. The maximum Gasteiger partial charge on any atom is 0.355 e. The van der Waals surface area contributed by atoms with E-state index >= 15 is 14.4 Å². The van der Waals surface area contributed by atoms with Crippen LogP contribution in [0.2, 0.25) is 0 Å². The highest BCUT2D eigenvalue weighted by Gasteiger charge is 2.55. The molecule has 2 atom stereocenters. The molecule has 0 radical (unpaired) electrons. The molecule has 11 nitrogen and oxygen atoms in total. The van der Waals surface area contributed by atoms with Crippen molar-refractivity contribution in [3.05, 3.63) is 359 Å². The van der Waals surface area contributed by atoms with Gasteiger partial charge in [0.2, 0.25) is 5.60 Å². The smallest absolute Gasteiger partial charge is 0.355 e. The molecule has 0 bridgehead atoms. The number of nitrogens with zero attached hydrogens (tertiary/aromatic N) is 3. The number of nitrogens with one attached hydrogen (secondary N) is 2. The van der Waals surface area contributed by atoms with Gasteiger partial charge in [-0.05, 0) is 68.6 Å². The first kappa shape index (κ1) is 59.7. The highest BCUT2D eigenvalue weighted by molar-refractivity contribution is 8.00. The van der Waals surface area contributed by atoms with E-state index in [4.69, 9.17) is 24.5 Å². The number of thiazole rings is 1. The number of hydrogen-bond acceptors (Lipinski definition) is 11. The zero-order chi connectivity index (χ0) is 62.0. The average molecular weight is 1250 g/mol. The Morgan fingerprint density at radius 1 is 0.582 bits per heavy atom. The summed E-state index contributed by atoms with van der Waals surface area (Å²) >= 11 is 2.78. The van der Waals surface area contributed by atoms with Gasteiger partial charge in [-0.1, -0.05) is 290 Å². The summed E-state index contributed by atoms with van der Waals surface area (Å²) in [4.78, 5) is 60.3. The maximum absolute atomic E-state index is 15.8. The normalized spacial score (nSPS) is 14.9. The lowest BCUT2D eigenvalue weighted by molar-refractivity contribution is -0.153. The molecule has 0 spiro atoms. The number of carbonyl (C=O) groups excluding carboxylic acids is 3. The zero-order valence-corrected chi connectivity index (χ0v) is 52.1. The van der Waals surface area contributed by atoms with E-state index in [-0.39, 0.29) is 23.7 Å². The molecule has 14 heteroatoms. The first-order valence-corrected chi connectivity index (χ1v) is 33.6. The van der Waals surface area contributed by atoms with Gasteiger partial charge in [0.25, 0.3) is 11.8 Å². The molecular weight excluding hydrogens is 1190 g/mol. The number of thioether (sulfide) groups is 1. The van der Waals surface area contributed by atoms with Crippen LogP contribution in [0.4, 0.5) is 5.13 Å². The van der Waals surface area contributed by atoms with Gasteiger partial charge in [0, 0.05) is 27.8 Å². The SMILES string of the molecule is COc1ccc(COC(=O)C2=C(C=P(c3ccccc3)(c3ccccc3)c3ccccc3)CS[C@H]3C(NC(=O)/C(=N\OC(c4ccccc4)(c4ccccc4)c4ccccc4)c4csc(NC(c5ccccc5)(c5ccccc5)c5ccccc5)n4)C(=O)N23)cc1. The minimum Gasteiger partial charge on any atom is -0.497 e. The topological polar surface area (TPSA) is 131 Å². The number of hydrogen-bond donors (Lipinski definition) is 2. The van der Waals surface area contributed by atoms with E-state index in [0.29, 0.717) is 22.2 Å². The van der Waals surface area contributed by atoms with Gasteiger partial charge in [-0.25, -0.2) is 9.78 Å². The van der Waals surface area contributed by atoms with Crippen LogP contribution >= 0.6 is 30.0 Å². The largest absolute Gasteiger partial charge is 0.497 e. The Bertz CT molecular complexity index is 4140. The van der Waals surface area contributed by atoms with Crippen molar-refractivity contribution in [3.63, 3.8) is 0 Å². The molecule has 11 aromatic rings. The summed E-state index contributed by atoms with van der Waals surface area (Å²) in [6.07, 6.45) is 0. The lowest BCUT2D eigenvalue weighted by Gasteiger charge is -2.49. The highest BCUT2D eigenvalue weighted by Crippen LogP contribution is 2.49. The van der Waals surface area contributed by atoms with E-state index in [0.717, 1.165) is 54.9 Å². The molecule has 13 rings (SSSR count). The molecule has 0 aliphatic carbocycles. The van der Waals surface area contributed by atoms with Gasteiger partial charge in [0.05, 0.1) is 7.11 Å². The van der Waals surface area contributed by atoms with Crippen molar-refractivity contribution >= 4 is 80.3 Å². The fraction of sp³-hybridized carbons (Fsp3) is 0.0909. The number of oxime groups is 1. The van der Waals surface area contributed by atoms with E-state index in [1.807, 2.05) is 224 Å². The Balaban J connectivity index is 0.928. The van der Waals surface area contributed by atoms with Crippen molar-refractivity contribution in [2.45, 2.75) is 29.2 Å². The Hall–Kier alpha value is -10.3. The fourth-order valence-corrected chi connectivity index (χ4v) is 18.3. The van der Waals surface area contributed by atoms with Gasteiger partial charge >= 0.3 is 5.97 Å². The van der Waals surface area contributed by atoms with Crippen LogP contribution in [0.25, 0.3) is 0 Å². The molecule has 2 aliphatic heterocycles. The second-order valence-electron chi connectivity index (χ2n) is 21.8. The summed E-state index contributed by atoms with van der Waals surface area (Å²) in [7, 11) is 1.60. The van der Waals surface area contributed by atoms with Crippen molar-refractivity contribution in [1.82, 2.24) is 15.2 Å². The van der Waals surface area contributed by atoms with Gasteiger partial charge in [0.15, 0.2) is 10.8 Å². The van der Waals surface area contributed by atoms with Crippen LogP contribution in [-0.4, -0.2) is 63.5 Å². The predicted molar refractivity (Wildman–Crippen MR) is 368 cm³/mol. The quantitative estimate of drug-likeness (QED) is 0.0180. The van der Waals surface area contributed by atoms with Crippen molar-refractivity contribution in [1.29, 1.82) is 0 Å². The van der Waals surface area contributed by atoms with Crippen LogP contribution < -0.4 is 31.3 Å². The predicted octanol–water partition coefficient (Wildman–Crippen LogP) is 13.5. The number of rotatable bonds is 21. The molecule has 448 valence electrons. The van der Waals surface area contributed by atoms with Crippen molar-refractivity contribution in [2.24, 2.45) is 5.16 Å². The van der Waals surface area contributed by atoms with Gasteiger partial charge in [-0.15, -0.1) is 23.1 Å². The number of methoxy groups -OCH3 is 1. The number of amides is 2. The lowest BCUT2D eigenvalue weighted by Crippen LogP contribution is -2.71. The van der Waals surface area contributed by atoms with E-state index in [1.54, 1.807) is 12.5 Å². The van der Waals surface area contributed by atoms with Crippen LogP contribution in [0.3, 0.4) is 0 Å². The average Bonchev–Trinajstić information content (AvgIpc) is 1.07. The third-order valence-corrected chi connectivity index (χ3v) is 22.6. The van der Waals surface area contributed by atoms with Gasteiger partial charge < -0.3 is 24.9 Å². The molecule has 2 N–H and O–H groups in total. The number of benzene rings is 10. The van der Waals surface area contributed by atoms with Crippen LogP contribution in [0.5, 0.6) is 5.75 Å². The standard InChI is InChI=1S/C77H62N5O6PS2/c1-86-63-49-47-55(48-50-63)51-87-74(85)70-56(52-89(64-41-23-8-24-42-64,65-43-25-9-26-44-65)66-45-27-10-28-46-66)53-90-73-69(72(84)82(70)73)79-71(83)68(81-88-77(60-35-17-5-18-36-60,61-37-19-6-20-38-61)62-39-21-7-22-40-62)67-54-91-75(78-67)80-76(57-29-11-2-12-30-57,58-31-13-3-14-32-58)59-33-15-4-16-34-59/h2-50,52,54,69,73H,51,53H2,1H3,(H,78,80)(H,79,83)/b81-68-/t69?,73-/m0/s1. The number of ether oxygens (including phenoxy) is 2. The molecule has 91 heavy (non-hydrogen) atoms. The molecule has 1 aromatic heterocycles. The number of aromatic nitrogens is 1. The van der Waals surface area contributed by atoms with Gasteiger partial charge in [-0.3, -0.25) is 14.5 Å². The first-order chi connectivity index (χ1) is 44.8. The van der Waals surface area contributed by atoms with Crippen LogP contribution in [-0.2, 0) is 41.7 Å². The number of β-lactam (4-membered cyclic amide) rings is 1. The molecule has 2 aliphatic rings. The van der Waals surface area contributed by atoms with Gasteiger partial charge in [-0.2, -0.15) is 0 Å². The molecule has 1 fully saturated rings. The molecule has 3 heterocycles. The summed E-state index contributed by atoms with van der Waals surface area (Å²) in [5.74, 6) is 1.29. The number of esters is 1. The lowest BCUT2D eigenvalue weighted by atomic mass is 9.77. The Labute approximate surface area is 537 Å². The van der Waals surface area contributed by atoms with Crippen molar-refractivity contribution < 1.29 is 28.7 Å². The molecule has 2 amide bonds. The molecule has 0 saturated carbocycles. The first-order valence-electron chi connectivity index (χ1n) is 29.8. The van der Waals surface area contributed by atoms with E-state index in [2.05, 4.69) is 89.2 Å². The van der Waals surface area contributed by atoms with E-state index in [9.17, 15) is 0 Å². The van der Waals surface area contributed by atoms with Crippen molar-refractivity contribution in [2.75, 3.05) is 18.2 Å². The van der Waals surface area contributed by atoms with Crippen LogP contribution in [0.1, 0.15) is 44.6 Å². The summed E-state index contributed by atoms with van der Waals surface area (Å²) in [5.41, 5.74) is 4.28.